The average Bonchev–Trinajstić information content (AvgIpc) is 2.72. The summed E-state index contributed by atoms with van der Waals surface area (Å²) in [4.78, 5) is 18.7. The highest BCUT2D eigenvalue weighted by molar-refractivity contribution is 5.79. The molecule has 0 spiro atoms. The average molecular weight is 390 g/mol. The zero-order valence-corrected chi connectivity index (χ0v) is 17.3. The molecule has 1 aliphatic rings. The van der Waals surface area contributed by atoms with Crippen LogP contribution in [0.2, 0.25) is 0 Å². The number of hydrogen-bond donors (Lipinski definition) is 3. The Labute approximate surface area is 168 Å². The van der Waals surface area contributed by atoms with Crippen LogP contribution in [0, 0.1) is 0 Å². The Morgan fingerprint density at radius 2 is 1.89 bits per heavy atom. The summed E-state index contributed by atoms with van der Waals surface area (Å²) in [6, 6.07) is 7.73. The number of aliphatic imine (C=N–C) groups is 1. The van der Waals surface area contributed by atoms with E-state index in [1.165, 1.54) is 32.4 Å². The van der Waals surface area contributed by atoms with E-state index in [1.54, 1.807) is 0 Å². The second-order valence-electron chi connectivity index (χ2n) is 6.91. The molecule has 3 N–H and O–H groups in total. The number of likely N-dealkylation sites (N-methyl/N-ethyl adjacent to an activating group) is 1. The standard InChI is InChI=1S/C21H35N5O2/c1-3-22-20(27)17-28-19-10-8-9-18(15-19)16-25-21(23-4-2)24-11-14-26-12-6-5-7-13-26/h8-10,15H,3-7,11-14,16-17H2,1-2H3,(H,22,27)(H2,23,24,25). The fraction of sp³-hybridized carbons (Fsp3) is 0.619. The first-order valence-electron chi connectivity index (χ1n) is 10.4. The van der Waals surface area contributed by atoms with Crippen molar-refractivity contribution in [3.05, 3.63) is 29.8 Å². The monoisotopic (exact) mass is 389 g/mol. The molecule has 1 heterocycles. The Morgan fingerprint density at radius 3 is 2.64 bits per heavy atom. The maximum absolute atomic E-state index is 11.5. The molecule has 0 radical (unpaired) electrons. The maximum Gasteiger partial charge on any atom is 0.257 e. The van der Waals surface area contributed by atoms with Crippen LogP contribution in [0.25, 0.3) is 0 Å². The van der Waals surface area contributed by atoms with Gasteiger partial charge in [0.05, 0.1) is 6.54 Å². The van der Waals surface area contributed by atoms with Crippen LogP contribution >= 0.6 is 0 Å². The molecule has 0 aromatic heterocycles. The molecule has 1 saturated heterocycles. The third-order valence-corrected chi connectivity index (χ3v) is 4.58. The molecule has 0 unspecified atom stereocenters. The van der Waals surface area contributed by atoms with E-state index >= 15 is 0 Å². The van der Waals surface area contributed by atoms with Gasteiger partial charge in [-0.3, -0.25) is 4.79 Å². The van der Waals surface area contributed by atoms with Gasteiger partial charge in [0.1, 0.15) is 5.75 Å². The maximum atomic E-state index is 11.5. The van der Waals surface area contributed by atoms with Gasteiger partial charge in [0, 0.05) is 26.2 Å². The number of nitrogens with zero attached hydrogens (tertiary/aromatic N) is 2. The van der Waals surface area contributed by atoms with Crippen molar-refractivity contribution in [1.29, 1.82) is 0 Å². The van der Waals surface area contributed by atoms with E-state index in [1.807, 2.05) is 31.2 Å². The van der Waals surface area contributed by atoms with E-state index in [-0.39, 0.29) is 12.5 Å². The molecule has 1 fully saturated rings. The summed E-state index contributed by atoms with van der Waals surface area (Å²) >= 11 is 0. The lowest BCUT2D eigenvalue weighted by atomic mass is 10.1. The Hall–Kier alpha value is -2.28. The second kappa shape index (κ2) is 13.0. The van der Waals surface area contributed by atoms with Crippen molar-refractivity contribution in [3.8, 4) is 5.75 Å². The van der Waals surface area contributed by atoms with Gasteiger partial charge in [0.2, 0.25) is 0 Å². The van der Waals surface area contributed by atoms with E-state index < -0.39 is 0 Å². The van der Waals surface area contributed by atoms with Crippen LogP contribution in [-0.2, 0) is 11.3 Å². The Balaban J connectivity index is 1.81. The number of amides is 1. The fourth-order valence-corrected chi connectivity index (χ4v) is 3.16. The number of likely N-dealkylation sites (tertiary alicyclic amines) is 1. The number of nitrogens with one attached hydrogen (secondary N) is 3. The summed E-state index contributed by atoms with van der Waals surface area (Å²) < 4.78 is 5.55. The van der Waals surface area contributed by atoms with Crippen LogP contribution in [0.4, 0.5) is 0 Å². The quantitative estimate of drug-likeness (QED) is 0.420. The van der Waals surface area contributed by atoms with Gasteiger partial charge in [-0.2, -0.15) is 0 Å². The number of benzene rings is 1. The molecule has 1 amide bonds. The summed E-state index contributed by atoms with van der Waals surface area (Å²) in [6.07, 6.45) is 3.99. The summed E-state index contributed by atoms with van der Waals surface area (Å²) in [5, 5.41) is 9.44. The van der Waals surface area contributed by atoms with Crippen molar-refractivity contribution >= 4 is 11.9 Å². The Kier molecular flexibility index (Phi) is 10.2. The van der Waals surface area contributed by atoms with E-state index in [4.69, 9.17) is 4.74 Å². The largest absolute Gasteiger partial charge is 0.484 e. The molecule has 0 aliphatic carbocycles. The first-order valence-corrected chi connectivity index (χ1v) is 10.4. The molecule has 0 atom stereocenters. The number of carbonyl (C=O) groups excluding carboxylic acids is 1. The van der Waals surface area contributed by atoms with E-state index in [9.17, 15) is 4.79 Å². The van der Waals surface area contributed by atoms with E-state index in [2.05, 4.69) is 32.8 Å². The molecule has 156 valence electrons. The lowest BCUT2D eigenvalue weighted by molar-refractivity contribution is -0.122. The molecule has 7 heteroatoms. The van der Waals surface area contributed by atoms with Gasteiger partial charge in [0.25, 0.3) is 5.91 Å². The molecular formula is C21H35N5O2. The lowest BCUT2D eigenvalue weighted by Gasteiger charge is -2.26. The van der Waals surface area contributed by atoms with Crippen LogP contribution in [-0.4, -0.2) is 62.6 Å². The first-order chi connectivity index (χ1) is 13.7. The summed E-state index contributed by atoms with van der Waals surface area (Å²) in [6.45, 7) is 10.3. The highest BCUT2D eigenvalue weighted by Crippen LogP contribution is 2.14. The van der Waals surface area contributed by atoms with E-state index in [0.29, 0.717) is 18.8 Å². The molecule has 1 aliphatic heterocycles. The topological polar surface area (TPSA) is 78.0 Å². The van der Waals surface area contributed by atoms with Crippen molar-refractivity contribution in [1.82, 2.24) is 20.9 Å². The molecule has 1 aromatic rings. The van der Waals surface area contributed by atoms with Gasteiger partial charge < -0.3 is 25.6 Å². The molecule has 28 heavy (non-hydrogen) atoms. The van der Waals surface area contributed by atoms with Gasteiger partial charge in [-0.25, -0.2) is 4.99 Å². The van der Waals surface area contributed by atoms with Crippen molar-refractivity contribution in [2.24, 2.45) is 4.99 Å². The van der Waals surface area contributed by atoms with Crippen molar-refractivity contribution in [3.63, 3.8) is 0 Å². The van der Waals surface area contributed by atoms with Crippen LogP contribution in [0.1, 0.15) is 38.7 Å². The van der Waals surface area contributed by atoms with Crippen LogP contribution in [0.5, 0.6) is 5.75 Å². The molecular weight excluding hydrogens is 354 g/mol. The van der Waals surface area contributed by atoms with Gasteiger partial charge in [-0.05, 0) is 57.5 Å². The van der Waals surface area contributed by atoms with Crippen LogP contribution < -0.4 is 20.7 Å². The summed E-state index contributed by atoms with van der Waals surface area (Å²) in [5.41, 5.74) is 1.04. The second-order valence-corrected chi connectivity index (χ2v) is 6.91. The minimum Gasteiger partial charge on any atom is -0.484 e. The third-order valence-electron chi connectivity index (χ3n) is 4.58. The van der Waals surface area contributed by atoms with Crippen molar-refractivity contribution < 1.29 is 9.53 Å². The molecule has 2 rings (SSSR count). The molecule has 0 saturated carbocycles. The van der Waals surface area contributed by atoms with Crippen LogP contribution in [0.3, 0.4) is 0 Å². The SMILES string of the molecule is CCNC(=O)COc1cccc(CN=C(NCC)NCCN2CCCCC2)c1. The molecule has 7 nitrogen and oxygen atoms in total. The van der Waals surface area contributed by atoms with E-state index in [0.717, 1.165) is 31.2 Å². The highest BCUT2D eigenvalue weighted by Gasteiger charge is 2.09. The number of rotatable bonds is 10. The van der Waals surface area contributed by atoms with Gasteiger partial charge in [0.15, 0.2) is 12.6 Å². The normalized spacial score (nSPS) is 15.1. The number of piperidine rings is 1. The zero-order chi connectivity index (χ0) is 20.0. The number of hydrogen-bond acceptors (Lipinski definition) is 4. The Morgan fingerprint density at radius 1 is 1.11 bits per heavy atom. The van der Waals surface area contributed by atoms with Crippen molar-refractivity contribution in [2.75, 3.05) is 45.9 Å². The number of ether oxygens (including phenoxy) is 1. The smallest absolute Gasteiger partial charge is 0.257 e. The van der Waals surface area contributed by atoms with Gasteiger partial charge in [-0.1, -0.05) is 18.6 Å². The zero-order valence-electron chi connectivity index (χ0n) is 17.3. The third kappa shape index (κ3) is 8.61. The van der Waals surface area contributed by atoms with Gasteiger partial charge >= 0.3 is 0 Å². The highest BCUT2D eigenvalue weighted by atomic mass is 16.5. The molecule has 1 aromatic carbocycles. The Bertz CT molecular complexity index is 615. The lowest BCUT2D eigenvalue weighted by Crippen LogP contribution is -2.42. The van der Waals surface area contributed by atoms with Crippen LogP contribution in [0.15, 0.2) is 29.3 Å². The summed E-state index contributed by atoms with van der Waals surface area (Å²) in [5.74, 6) is 1.40. The number of guanidine groups is 1. The minimum atomic E-state index is -0.113. The first kappa shape index (κ1) is 22.0. The van der Waals surface area contributed by atoms with Crippen molar-refractivity contribution in [2.45, 2.75) is 39.7 Å². The predicted molar refractivity (Wildman–Crippen MR) is 114 cm³/mol. The fourth-order valence-electron chi connectivity index (χ4n) is 3.16. The predicted octanol–water partition coefficient (Wildman–Crippen LogP) is 1.74. The summed E-state index contributed by atoms with van der Waals surface area (Å²) in [7, 11) is 0. The van der Waals surface area contributed by atoms with Gasteiger partial charge in [-0.15, -0.1) is 0 Å². The number of carbonyl (C=O) groups is 1. The minimum absolute atomic E-state index is 0.0290. The molecule has 0 bridgehead atoms.